The lowest BCUT2D eigenvalue weighted by atomic mass is 10.2. The van der Waals surface area contributed by atoms with Crippen molar-refractivity contribution in [3.63, 3.8) is 0 Å². The minimum absolute atomic E-state index is 0.0189. The zero-order valence-electron chi connectivity index (χ0n) is 12.9. The van der Waals surface area contributed by atoms with E-state index in [9.17, 15) is 5.11 Å². The fourth-order valence-corrected chi connectivity index (χ4v) is 3.26. The number of nitrogens with zero attached hydrogens (tertiary/aromatic N) is 2. The molecule has 0 aliphatic rings. The first-order valence-electron chi connectivity index (χ1n) is 7.05. The summed E-state index contributed by atoms with van der Waals surface area (Å²) < 4.78 is 11.6. The lowest BCUT2D eigenvalue weighted by Crippen LogP contribution is -2.04. The van der Waals surface area contributed by atoms with Crippen molar-refractivity contribution in [3.8, 4) is 11.5 Å². The van der Waals surface area contributed by atoms with Gasteiger partial charge in [-0.05, 0) is 18.2 Å². The maximum Gasteiger partial charge on any atom is 0.166 e. The number of aromatic nitrogens is 2. The molecule has 0 unspecified atom stereocenters. The van der Waals surface area contributed by atoms with Crippen molar-refractivity contribution in [2.75, 3.05) is 19.5 Å². The minimum atomic E-state index is 0.0189. The van der Waals surface area contributed by atoms with Gasteiger partial charge in [-0.15, -0.1) is 16.4 Å². The Hall–Kier alpha value is -2.38. The summed E-state index contributed by atoms with van der Waals surface area (Å²) in [5.41, 5.74) is 0.992. The maximum atomic E-state index is 9.28. The van der Waals surface area contributed by atoms with Crippen LogP contribution in [0.1, 0.15) is 10.4 Å². The number of aliphatic hydroxyl groups is 1. The van der Waals surface area contributed by atoms with Gasteiger partial charge >= 0.3 is 0 Å². The third-order valence-corrected chi connectivity index (χ3v) is 4.62. The Morgan fingerprint density at radius 2 is 2.09 bits per heavy atom. The molecule has 0 saturated heterocycles. The molecule has 2 aromatic heterocycles. The van der Waals surface area contributed by atoms with Crippen LogP contribution in [0, 0.1) is 0 Å². The summed E-state index contributed by atoms with van der Waals surface area (Å²) >= 11 is 1.51. The number of benzene rings is 1. The van der Waals surface area contributed by atoms with Gasteiger partial charge < -0.3 is 19.9 Å². The molecule has 0 bridgehead atoms. The number of rotatable bonds is 6. The van der Waals surface area contributed by atoms with Gasteiger partial charge in [0.1, 0.15) is 11.5 Å². The second kappa shape index (κ2) is 6.80. The first-order valence-corrected chi connectivity index (χ1v) is 7.86. The molecule has 3 rings (SSSR count). The van der Waals surface area contributed by atoms with E-state index in [0.29, 0.717) is 12.4 Å². The Bertz CT molecular complexity index is 819. The van der Waals surface area contributed by atoms with Crippen molar-refractivity contribution in [3.05, 3.63) is 40.9 Å². The van der Waals surface area contributed by atoms with Gasteiger partial charge in [-0.1, -0.05) is 0 Å². The maximum absolute atomic E-state index is 9.28. The number of ether oxygens (including phenoxy) is 2. The fraction of sp³-hybridized carbons (Fsp3) is 0.250. The fourth-order valence-electron chi connectivity index (χ4n) is 2.30. The van der Waals surface area contributed by atoms with Crippen LogP contribution in [-0.2, 0) is 13.2 Å². The summed E-state index contributed by atoms with van der Waals surface area (Å²) in [6, 6.07) is 7.61. The summed E-state index contributed by atoms with van der Waals surface area (Å²) in [6.45, 7) is 0.568. The quantitative estimate of drug-likeness (QED) is 0.723. The Morgan fingerprint density at radius 3 is 2.83 bits per heavy atom. The molecule has 0 atom stereocenters. The summed E-state index contributed by atoms with van der Waals surface area (Å²) in [5.74, 6) is 2.20. The molecule has 0 aliphatic carbocycles. The number of aliphatic hydroxyl groups excluding tert-OH is 1. The molecule has 0 fully saturated rings. The number of anilines is 1. The number of hydrogen-bond acceptors (Lipinski definition) is 7. The highest BCUT2D eigenvalue weighted by molar-refractivity contribution is 7.19. The van der Waals surface area contributed by atoms with Crippen molar-refractivity contribution in [2.45, 2.75) is 13.2 Å². The number of nitrogens with one attached hydrogen (secondary N) is 1. The van der Waals surface area contributed by atoms with E-state index in [4.69, 9.17) is 9.47 Å². The summed E-state index contributed by atoms with van der Waals surface area (Å²) in [6.07, 6.45) is 1.70. The standard InChI is InChI=1S/C16H17N3O3S/c1-21-12-4-3-10(14(6-12)22-2)7-17-16-15-11(8-18-19-16)5-13(9-20)23-15/h3-6,8,20H,7,9H2,1-2H3,(H,17,19). The van der Waals surface area contributed by atoms with Gasteiger partial charge in [-0.25, -0.2) is 0 Å². The van der Waals surface area contributed by atoms with Gasteiger partial charge in [0.15, 0.2) is 5.82 Å². The predicted molar refractivity (Wildman–Crippen MR) is 90.2 cm³/mol. The summed E-state index contributed by atoms with van der Waals surface area (Å²) in [4.78, 5) is 0.889. The van der Waals surface area contributed by atoms with E-state index in [1.165, 1.54) is 11.3 Å². The van der Waals surface area contributed by atoms with E-state index in [1.54, 1.807) is 20.4 Å². The van der Waals surface area contributed by atoms with E-state index in [0.717, 1.165) is 32.0 Å². The molecule has 0 radical (unpaired) electrons. The van der Waals surface area contributed by atoms with Gasteiger partial charge in [-0.2, -0.15) is 5.10 Å². The number of thiophene rings is 1. The molecule has 0 spiro atoms. The van der Waals surface area contributed by atoms with E-state index in [2.05, 4.69) is 15.5 Å². The first kappa shape index (κ1) is 15.5. The van der Waals surface area contributed by atoms with Gasteiger partial charge in [0.05, 0.1) is 31.7 Å². The smallest absolute Gasteiger partial charge is 0.166 e. The average molecular weight is 331 g/mol. The molecule has 7 heteroatoms. The Balaban J connectivity index is 1.85. The highest BCUT2D eigenvalue weighted by atomic mass is 32.1. The van der Waals surface area contributed by atoms with Crippen LogP contribution in [0.2, 0.25) is 0 Å². The highest BCUT2D eigenvalue weighted by Gasteiger charge is 2.10. The monoisotopic (exact) mass is 331 g/mol. The number of fused-ring (bicyclic) bond motifs is 1. The Morgan fingerprint density at radius 1 is 1.22 bits per heavy atom. The van der Waals surface area contributed by atoms with Crippen LogP contribution in [0.4, 0.5) is 5.82 Å². The lowest BCUT2D eigenvalue weighted by molar-refractivity contribution is 0.285. The van der Waals surface area contributed by atoms with Crippen molar-refractivity contribution in [2.24, 2.45) is 0 Å². The van der Waals surface area contributed by atoms with Crippen LogP contribution < -0.4 is 14.8 Å². The van der Waals surface area contributed by atoms with Crippen LogP contribution in [-0.4, -0.2) is 29.5 Å². The van der Waals surface area contributed by atoms with Crippen molar-refractivity contribution in [1.29, 1.82) is 0 Å². The van der Waals surface area contributed by atoms with Gasteiger partial charge in [0.25, 0.3) is 0 Å². The third-order valence-electron chi connectivity index (χ3n) is 3.48. The van der Waals surface area contributed by atoms with E-state index < -0.39 is 0 Å². The van der Waals surface area contributed by atoms with Crippen LogP contribution >= 0.6 is 11.3 Å². The number of hydrogen-bond donors (Lipinski definition) is 2. The SMILES string of the molecule is COc1ccc(CNc2nncc3cc(CO)sc23)c(OC)c1. The average Bonchev–Trinajstić information content (AvgIpc) is 3.03. The van der Waals surface area contributed by atoms with Crippen LogP contribution in [0.15, 0.2) is 30.5 Å². The second-order valence-corrected chi connectivity index (χ2v) is 6.02. The molecule has 2 heterocycles. The molecule has 120 valence electrons. The molecular weight excluding hydrogens is 314 g/mol. The molecule has 1 aromatic carbocycles. The van der Waals surface area contributed by atoms with Crippen molar-refractivity contribution < 1.29 is 14.6 Å². The third kappa shape index (κ3) is 3.20. The van der Waals surface area contributed by atoms with Gasteiger partial charge in [0, 0.05) is 28.4 Å². The van der Waals surface area contributed by atoms with E-state index in [-0.39, 0.29) is 6.61 Å². The Kier molecular flexibility index (Phi) is 4.59. The zero-order valence-corrected chi connectivity index (χ0v) is 13.7. The molecule has 0 amide bonds. The predicted octanol–water partition coefficient (Wildman–Crippen LogP) is 2.81. The summed E-state index contributed by atoms with van der Waals surface area (Å²) in [5, 5.41) is 21.7. The van der Waals surface area contributed by atoms with Gasteiger partial charge in [0.2, 0.25) is 0 Å². The molecule has 2 N–H and O–H groups in total. The molecule has 0 aliphatic heterocycles. The van der Waals surface area contributed by atoms with Crippen molar-refractivity contribution in [1.82, 2.24) is 10.2 Å². The highest BCUT2D eigenvalue weighted by Crippen LogP contribution is 2.31. The zero-order chi connectivity index (χ0) is 16.2. The molecular formula is C16H17N3O3S. The van der Waals surface area contributed by atoms with Crippen molar-refractivity contribution >= 4 is 27.2 Å². The van der Waals surface area contributed by atoms with E-state index >= 15 is 0 Å². The molecule has 23 heavy (non-hydrogen) atoms. The molecule has 3 aromatic rings. The van der Waals surface area contributed by atoms with E-state index in [1.807, 2.05) is 24.3 Å². The summed E-state index contributed by atoms with van der Waals surface area (Å²) in [7, 11) is 3.25. The Labute approximate surface area is 137 Å². The van der Waals surface area contributed by atoms with Crippen LogP contribution in [0.3, 0.4) is 0 Å². The molecule has 0 saturated carbocycles. The van der Waals surface area contributed by atoms with Gasteiger partial charge in [-0.3, -0.25) is 0 Å². The van der Waals surface area contributed by atoms with Crippen LogP contribution in [0.25, 0.3) is 10.1 Å². The lowest BCUT2D eigenvalue weighted by Gasteiger charge is -2.11. The largest absolute Gasteiger partial charge is 0.497 e. The minimum Gasteiger partial charge on any atom is -0.497 e. The topological polar surface area (TPSA) is 76.5 Å². The molecule has 6 nitrogen and oxygen atoms in total. The normalized spacial score (nSPS) is 10.7. The second-order valence-electron chi connectivity index (χ2n) is 4.88. The van der Waals surface area contributed by atoms with Crippen LogP contribution in [0.5, 0.6) is 11.5 Å². The first-order chi connectivity index (χ1) is 11.2. The number of methoxy groups -OCH3 is 2.